The average molecular weight is 395 g/mol. The van der Waals surface area contributed by atoms with Crippen molar-refractivity contribution in [2.45, 2.75) is 6.04 Å². The van der Waals surface area contributed by atoms with Crippen LogP contribution in [0, 0.1) is 11.6 Å². The molecule has 0 unspecified atom stereocenters. The van der Waals surface area contributed by atoms with Gasteiger partial charge in [-0.3, -0.25) is 0 Å². The van der Waals surface area contributed by atoms with Gasteiger partial charge in [0.1, 0.15) is 11.6 Å². The van der Waals surface area contributed by atoms with E-state index in [-0.39, 0.29) is 16.2 Å². The van der Waals surface area contributed by atoms with Gasteiger partial charge < -0.3 is 15.4 Å². The number of methoxy groups -OCH3 is 1. The zero-order chi connectivity index (χ0) is 18.8. The number of hydrogen-bond donors (Lipinski definition) is 2. The molecule has 8 heteroatoms. The second-order valence-electron chi connectivity index (χ2n) is 5.48. The first-order chi connectivity index (χ1) is 12.4. The van der Waals surface area contributed by atoms with Gasteiger partial charge in [-0.05, 0) is 36.0 Å². The Morgan fingerprint density at radius 3 is 2.50 bits per heavy atom. The zero-order valence-corrected chi connectivity index (χ0v) is 15.0. The Bertz CT molecular complexity index is 916. The molecule has 4 nitrogen and oxygen atoms in total. The van der Waals surface area contributed by atoms with Gasteiger partial charge >= 0.3 is 5.97 Å². The SMILES string of the molecule is COC(=O)C1=C(c2ccc(Cl)cc2)NC(=S)N[C@H]1c1ccc(F)cc1F. The van der Waals surface area contributed by atoms with Crippen molar-refractivity contribution in [2.24, 2.45) is 0 Å². The van der Waals surface area contributed by atoms with E-state index in [0.717, 1.165) is 12.1 Å². The molecule has 0 aliphatic carbocycles. The van der Waals surface area contributed by atoms with Gasteiger partial charge in [0.25, 0.3) is 0 Å². The third-order valence-corrected chi connectivity index (χ3v) is 4.36. The second-order valence-corrected chi connectivity index (χ2v) is 6.33. The fourth-order valence-electron chi connectivity index (χ4n) is 2.71. The van der Waals surface area contributed by atoms with Crippen LogP contribution < -0.4 is 10.6 Å². The first-order valence-electron chi connectivity index (χ1n) is 7.51. The van der Waals surface area contributed by atoms with Gasteiger partial charge in [-0.15, -0.1) is 0 Å². The van der Waals surface area contributed by atoms with E-state index in [2.05, 4.69) is 10.6 Å². The fourth-order valence-corrected chi connectivity index (χ4v) is 3.05. The van der Waals surface area contributed by atoms with Gasteiger partial charge in [-0.2, -0.15) is 0 Å². The monoisotopic (exact) mass is 394 g/mol. The number of benzene rings is 2. The van der Waals surface area contributed by atoms with E-state index in [4.69, 9.17) is 28.6 Å². The molecule has 0 fully saturated rings. The highest BCUT2D eigenvalue weighted by molar-refractivity contribution is 7.80. The summed E-state index contributed by atoms with van der Waals surface area (Å²) in [5, 5.41) is 6.46. The fraction of sp³-hybridized carbons (Fsp3) is 0.111. The molecule has 2 aromatic rings. The maximum atomic E-state index is 14.3. The molecule has 1 atom stereocenters. The van der Waals surface area contributed by atoms with Crippen LogP contribution in [0.4, 0.5) is 8.78 Å². The summed E-state index contributed by atoms with van der Waals surface area (Å²) >= 11 is 11.1. The summed E-state index contributed by atoms with van der Waals surface area (Å²) in [4.78, 5) is 12.5. The van der Waals surface area contributed by atoms with E-state index in [1.165, 1.54) is 13.2 Å². The molecule has 1 aliphatic heterocycles. The van der Waals surface area contributed by atoms with Crippen molar-refractivity contribution in [2.75, 3.05) is 7.11 Å². The summed E-state index contributed by atoms with van der Waals surface area (Å²) in [6.07, 6.45) is 0. The first-order valence-corrected chi connectivity index (χ1v) is 8.30. The van der Waals surface area contributed by atoms with Crippen LogP contribution in [0.1, 0.15) is 17.2 Å². The van der Waals surface area contributed by atoms with Crippen LogP contribution in [0.3, 0.4) is 0 Å². The summed E-state index contributed by atoms with van der Waals surface area (Å²) in [7, 11) is 1.22. The van der Waals surface area contributed by atoms with E-state index >= 15 is 0 Å². The number of thiocarbonyl (C=S) groups is 1. The molecule has 0 amide bonds. The van der Waals surface area contributed by atoms with Crippen LogP contribution >= 0.6 is 23.8 Å². The Balaban J connectivity index is 2.21. The van der Waals surface area contributed by atoms with E-state index in [1.54, 1.807) is 24.3 Å². The summed E-state index contributed by atoms with van der Waals surface area (Å²) in [5.74, 6) is -2.19. The van der Waals surface area contributed by atoms with E-state index in [9.17, 15) is 13.6 Å². The van der Waals surface area contributed by atoms with E-state index in [1.807, 2.05) is 0 Å². The molecular formula is C18H13ClF2N2O2S. The molecule has 0 bridgehead atoms. The van der Waals surface area contributed by atoms with Crippen molar-refractivity contribution < 1.29 is 18.3 Å². The first kappa shape index (κ1) is 18.3. The summed E-state index contributed by atoms with van der Waals surface area (Å²) < 4.78 is 32.5. The Kier molecular flexibility index (Phi) is 5.20. The van der Waals surface area contributed by atoms with Crippen molar-refractivity contribution in [1.29, 1.82) is 0 Å². The molecule has 0 spiro atoms. The highest BCUT2D eigenvalue weighted by Crippen LogP contribution is 2.33. The lowest BCUT2D eigenvalue weighted by Crippen LogP contribution is -2.45. The van der Waals surface area contributed by atoms with Crippen molar-refractivity contribution in [1.82, 2.24) is 10.6 Å². The standard InChI is InChI=1S/C18H13ClF2N2O2S/c1-25-17(24)14-15(9-2-4-10(19)5-3-9)22-18(26)23-16(14)12-7-6-11(20)8-13(12)21/h2-8,16H,1H3,(H2,22,23,26)/t16-/m0/s1. The minimum atomic E-state index is -0.942. The smallest absolute Gasteiger partial charge is 0.338 e. The number of nitrogens with one attached hydrogen (secondary N) is 2. The number of rotatable bonds is 3. The molecule has 2 aromatic carbocycles. The van der Waals surface area contributed by atoms with Crippen LogP contribution in [0.2, 0.25) is 5.02 Å². The molecule has 26 heavy (non-hydrogen) atoms. The van der Waals surface area contributed by atoms with Gasteiger partial charge in [-0.25, -0.2) is 13.6 Å². The van der Waals surface area contributed by atoms with Gasteiger partial charge in [0.15, 0.2) is 5.11 Å². The Morgan fingerprint density at radius 2 is 1.88 bits per heavy atom. The highest BCUT2D eigenvalue weighted by Gasteiger charge is 2.34. The lowest BCUT2D eigenvalue weighted by Gasteiger charge is -2.31. The molecular weight excluding hydrogens is 382 g/mol. The number of carbonyl (C=O) groups excluding carboxylic acids is 1. The number of ether oxygens (including phenoxy) is 1. The largest absolute Gasteiger partial charge is 0.466 e. The predicted molar refractivity (Wildman–Crippen MR) is 98.4 cm³/mol. The van der Waals surface area contributed by atoms with Gasteiger partial charge in [0.2, 0.25) is 0 Å². The normalized spacial score (nSPS) is 16.8. The number of esters is 1. The minimum Gasteiger partial charge on any atom is -0.466 e. The van der Waals surface area contributed by atoms with Crippen molar-refractivity contribution in [3.8, 4) is 0 Å². The van der Waals surface area contributed by atoms with Crippen molar-refractivity contribution in [3.63, 3.8) is 0 Å². The number of hydrogen-bond acceptors (Lipinski definition) is 3. The molecule has 134 valence electrons. The molecule has 2 N–H and O–H groups in total. The van der Waals surface area contributed by atoms with Crippen LogP contribution in [0.25, 0.3) is 5.70 Å². The molecule has 0 radical (unpaired) electrons. The molecule has 3 rings (SSSR count). The van der Waals surface area contributed by atoms with Crippen molar-refractivity contribution >= 4 is 40.6 Å². The Morgan fingerprint density at radius 1 is 1.19 bits per heavy atom. The maximum absolute atomic E-state index is 14.3. The topological polar surface area (TPSA) is 50.4 Å². The second kappa shape index (κ2) is 7.39. The lowest BCUT2D eigenvalue weighted by molar-refractivity contribution is -0.136. The molecule has 0 aromatic heterocycles. The predicted octanol–water partition coefficient (Wildman–Crippen LogP) is 3.72. The van der Waals surface area contributed by atoms with Crippen LogP contribution in [0.5, 0.6) is 0 Å². The molecule has 1 aliphatic rings. The van der Waals surface area contributed by atoms with Crippen LogP contribution in [-0.2, 0) is 9.53 Å². The summed E-state index contributed by atoms with van der Waals surface area (Å²) in [6, 6.07) is 8.87. The minimum absolute atomic E-state index is 0.0714. The maximum Gasteiger partial charge on any atom is 0.338 e. The summed E-state index contributed by atoms with van der Waals surface area (Å²) in [6.45, 7) is 0. The van der Waals surface area contributed by atoms with Crippen molar-refractivity contribution in [3.05, 3.63) is 75.8 Å². The zero-order valence-electron chi connectivity index (χ0n) is 13.5. The van der Waals surface area contributed by atoms with E-state index < -0.39 is 23.6 Å². The van der Waals surface area contributed by atoms with Gasteiger partial charge in [-0.1, -0.05) is 29.8 Å². The molecule has 0 saturated heterocycles. The van der Waals surface area contributed by atoms with E-state index in [0.29, 0.717) is 16.3 Å². The Labute approximate surface area is 158 Å². The average Bonchev–Trinajstić information content (AvgIpc) is 2.61. The molecule has 1 heterocycles. The summed E-state index contributed by atoms with van der Waals surface area (Å²) in [5.41, 5.74) is 1.17. The van der Waals surface area contributed by atoms with Gasteiger partial charge in [0.05, 0.1) is 24.4 Å². The Hall–Kier alpha value is -2.51. The molecule has 0 saturated carbocycles. The number of halogens is 3. The quantitative estimate of drug-likeness (QED) is 0.614. The number of carbonyl (C=O) groups is 1. The van der Waals surface area contributed by atoms with Gasteiger partial charge in [0, 0.05) is 16.7 Å². The third-order valence-electron chi connectivity index (χ3n) is 3.88. The third kappa shape index (κ3) is 3.54. The van der Waals surface area contributed by atoms with Crippen LogP contribution in [-0.4, -0.2) is 18.2 Å². The van der Waals surface area contributed by atoms with Crippen LogP contribution in [0.15, 0.2) is 48.0 Å². The highest BCUT2D eigenvalue weighted by atomic mass is 35.5. The lowest BCUT2D eigenvalue weighted by atomic mass is 9.92.